The number of carbonyl (C=O) groups is 1. The van der Waals surface area contributed by atoms with Crippen molar-refractivity contribution < 1.29 is 14.3 Å². The maximum Gasteiger partial charge on any atom is 0.177 e. The Morgan fingerprint density at radius 2 is 2.17 bits per heavy atom. The third-order valence-corrected chi connectivity index (χ3v) is 6.64. The van der Waals surface area contributed by atoms with Crippen LogP contribution in [0.5, 0.6) is 11.5 Å². The molecule has 0 aromatic heterocycles. The van der Waals surface area contributed by atoms with Crippen molar-refractivity contribution in [3.63, 3.8) is 0 Å². The molecule has 1 unspecified atom stereocenters. The second-order valence-electron chi connectivity index (χ2n) is 7.65. The van der Waals surface area contributed by atoms with Crippen molar-refractivity contribution >= 4 is 5.78 Å². The lowest BCUT2D eigenvalue weighted by Gasteiger charge is -2.47. The number of hydrogen-bond acceptors (Lipinski definition) is 4. The first-order valence-corrected chi connectivity index (χ1v) is 8.81. The van der Waals surface area contributed by atoms with Crippen LogP contribution in [0, 0.1) is 0 Å². The zero-order valence-corrected chi connectivity index (χ0v) is 13.9. The molecule has 122 valence electrons. The molecular formula is C19H23NO3. The van der Waals surface area contributed by atoms with E-state index in [-0.39, 0.29) is 17.3 Å². The Labute approximate surface area is 136 Å². The van der Waals surface area contributed by atoms with Crippen molar-refractivity contribution in [2.75, 3.05) is 20.7 Å². The van der Waals surface area contributed by atoms with E-state index in [0.717, 1.165) is 29.9 Å². The van der Waals surface area contributed by atoms with Gasteiger partial charge in [0, 0.05) is 22.6 Å². The first kappa shape index (κ1) is 13.8. The maximum atomic E-state index is 12.7. The van der Waals surface area contributed by atoms with E-state index in [4.69, 9.17) is 9.47 Å². The van der Waals surface area contributed by atoms with Crippen LogP contribution in [0.3, 0.4) is 0 Å². The fourth-order valence-corrected chi connectivity index (χ4v) is 5.61. The second kappa shape index (κ2) is 4.50. The molecule has 1 aromatic rings. The van der Waals surface area contributed by atoms with Crippen molar-refractivity contribution in [1.82, 2.24) is 4.90 Å². The summed E-state index contributed by atoms with van der Waals surface area (Å²) in [5.41, 5.74) is 3.60. The van der Waals surface area contributed by atoms with Crippen molar-refractivity contribution in [2.45, 2.75) is 56.1 Å². The Kier molecular flexibility index (Phi) is 2.71. The number of rotatable bonds is 1. The average molecular weight is 313 g/mol. The van der Waals surface area contributed by atoms with E-state index >= 15 is 0 Å². The summed E-state index contributed by atoms with van der Waals surface area (Å²) < 4.78 is 12.1. The predicted octanol–water partition coefficient (Wildman–Crippen LogP) is 3.23. The maximum absolute atomic E-state index is 12.7. The van der Waals surface area contributed by atoms with Gasteiger partial charge < -0.3 is 9.47 Å². The van der Waals surface area contributed by atoms with Gasteiger partial charge >= 0.3 is 0 Å². The largest absolute Gasteiger partial charge is 0.493 e. The minimum absolute atomic E-state index is 0.126. The monoisotopic (exact) mass is 313 g/mol. The Morgan fingerprint density at radius 1 is 1.30 bits per heavy atom. The molecule has 23 heavy (non-hydrogen) atoms. The lowest BCUT2D eigenvalue weighted by atomic mass is 9.60. The van der Waals surface area contributed by atoms with E-state index in [1.54, 1.807) is 7.11 Å². The molecule has 4 heteroatoms. The molecule has 2 aliphatic heterocycles. The van der Waals surface area contributed by atoms with Gasteiger partial charge in [-0.3, -0.25) is 9.69 Å². The highest BCUT2D eigenvalue weighted by molar-refractivity contribution is 6.01. The van der Waals surface area contributed by atoms with Crippen LogP contribution >= 0.6 is 0 Å². The number of likely N-dealkylation sites (N-methyl/N-ethyl adjacent to an activating group) is 1. The normalized spacial score (nSPS) is 34.6. The van der Waals surface area contributed by atoms with Crippen molar-refractivity contribution in [3.05, 3.63) is 22.8 Å². The van der Waals surface area contributed by atoms with Crippen LogP contribution in [-0.4, -0.2) is 37.5 Å². The van der Waals surface area contributed by atoms with Crippen LogP contribution in [-0.2, 0) is 5.41 Å². The minimum Gasteiger partial charge on any atom is -0.493 e. The molecule has 1 saturated carbocycles. The molecule has 3 atom stereocenters. The van der Waals surface area contributed by atoms with Gasteiger partial charge in [-0.25, -0.2) is 0 Å². The van der Waals surface area contributed by atoms with E-state index in [0.29, 0.717) is 12.6 Å². The van der Waals surface area contributed by atoms with Crippen LogP contribution in [0.1, 0.15) is 66.1 Å². The number of nitrogens with zero attached hydrogens (tertiary/aromatic N) is 1. The SMILES string of the molecule is COc1cc2c3c4c1O[C@H]1CCCC[C@]41CCC3N(C)CC2=O. The molecule has 0 amide bonds. The van der Waals surface area contributed by atoms with Gasteiger partial charge in [0.25, 0.3) is 0 Å². The number of ketones is 1. The fraction of sp³-hybridized carbons (Fsp3) is 0.632. The summed E-state index contributed by atoms with van der Waals surface area (Å²) in [5, 5.41) is 0. The molecule has 0 radical (unpaired) electrons. The van der Waals surface area contributed by atoms with Crippen LogP contribution in [0.2, 0.25) is 0 Å². The Morgan fingerprint density at radius 3 is 3.00 bits per heavy atom. The van der Waals surface area contributed by atoms with Gasteiger partial charge in [-0.05, 0) is 50.8 Å². The number of Topliss-reactive ketones (excluding diaryl/α,β-unsaturated/α-hetero) is 1. The molecule has 0 saturated heterocycles. The fourth-order valence-electron chi connectivity index (χ4n) is 5.61. The van der Waals surface area contributed by atoms with Gasteiger partial charge in [0.1, 0.15) is 6.10 Å². The zero-order valence-electron chi connectivity index (χ0n) is 13.9. The second-order valence-corrected chi connectivity index (χ2v) is 7.65. The molecule has 0 N–H and O–H groups in total. The molecule has 0 bridgehead atoms. The predicted molar refractivity (Wildman–Crippen MR) is 86.5 cm³/mol. The Hall–Kier alpha value is -1.55. The summed E-state index contributed by atoms with van der Waals surface area (Å²) in [6.45, 7) is 0.511. The molecule has 1 fully saturated rings. The molecule has 1 aromatic carbocycles. The molecule has 4 aliphatic rings. The number of ether oxygens (including phenoxy) is 2. The molecule has 2 aliphatic carbocycles. The summed E-state index contributed by atoms with van der Waals surface area (Å²) >= 11 is 0. The van der Waals surface area contributed by atoms with Crippen molar-refractivity contribution in [3.8, 4) is 11.5 Å². The highest BCUT2D eigenvalue weighted by Crippen LogP contribution is 2.62. The highest BCUT2D eigenvalue weighted by atomic mass is 16.5. The zero-order chi connectivity index (χ0) is 15.8. The summed E-state index contributed by atoms with van der Waals surface area (Å²) in [4.78, 5) is 14.9. The van der Waals surface area contributed by atoms with Gasteiger partial charge in [-0.1, -0.05) is 6.42 Å². The lowest BCUT2D eigenvalue weighted by Crippen LogP contribution is -2.47. The van der Waals surface area contributed by atoms with E-state index in [2.05, 4.69) is 11.9 Å². The molecule has 5 rings (SSSR count). The van der Waals surface area contributed by atoms with Gasteiger partial charge in [0.15, 0.2) is 17.3 Å². The lowest BCUT2D eigenvalue weighted by molar-refractivity contribution is 0.0683. The van der Waals surface area contributed by atoms with Crippen LogP contribution in [0.4, 0.5) is 0 Å². The van der Waals surface area contributed by atoms with E-state index < -0.39 is 0 Å². The Bertz CT molecular complexity index is 713. The summed E-state index contributed by atoms with van der Waals surface area (Å²) in [7, 11) is 3.76. The number of carbonyl (C=O) groups excluding carboxylic acids is 1. The van der Waals surface area contributed by atoms with Gasteiger partial charge in [-0.2, -0.15) is 0 Å². The quantitative estimate of drug-likeness (QED) is 0.798. The summed E-state index contributed by atoms with van der Waals surface area (Å²) in [6, 6.07) is 2.30. The number of hydrogen-bond donors (Lipinski definition) is 0. The third kappa shape index (κ3) is 1.58. The van der Waals surface area contributed by atoms with Crippen LogP contribution < -0.4 is 9.47 Å². The van der Waals surface area contributed by atoms with Crippen molar-refractivity contribution in [2.24, 2.45) is 0 Å². The number of benzene rings is 1. The topological polar surface area (TPSA) is 38.8 Å². The third-order valence-electron chi connectivity index (χ3n) is 6.64. The number of methoxy groups -OCH3 is 1. The van der Waals surface area contributed by atoms with E-state index in [1.165, 1.54) is 36.8 Å². The molecule has 4 nitrogen and oxygen atoms in total. The van der Waals surface area contributed by atoms with Gasteiger partial charge in [-0.15, -0.1) is 0 Å². The average Bonchev–Trinajstić information content (AvgIpc) is 2.91. The summed E-state index contributed by atoms with van der Waals surface area (Å²) in [5.74, 6) is 1.91. The minimum atomic E-state index is 0.126. The van der Waals surface area contributed by atoms with E-state index in [9.17, 15) is 4.79 Å². The first-order chi connectivity index (χ1) is 11.2. The van der Waals surface area contributed by atoms with E-state index in [1.807, 2.05) is 6.07 Å². The first-order valence-electron chi connectivity index (χ1n) is 8.81. The van der Waals surface area contributed by atoms with Crippen molar-refractivity contribution in [1.29, 1.82) is 0 Å². The van der Waals surface area contributed by atoms with Gasteiger partial charge in [0.05, 0.1) is 13.7 Å². The van der Waals surface area contributed by atoms with Crippen LogP contribution in [0.25, 0.3) is 0 Å². The highest BCUT2D eigenvalue weighted by Gasteiger charge is 2.56. The molecule has 1 spiro atoms. The summed E-state index contributed by atoms with van der Waals surface area (Å²) in [6.07, 6.45) is 7.40. The Balaban J connectivity index is 1.83. The smallest absolute Gasteiger partial charge is 0.177 e. The molecule has 2 heterocycles. The van der Waals surface area contributed by atoms with Crippen LogP contribution in [0.15, 0.2) is 6.07 Å². The van der Waals surface area contributed by atoms with Gasteiger partial charge in [0.2, 0.25) is 0 Å². The molecular weight excluding hydrogens is 290 g/mol. The standard InChI is InChI=1S/C19H23NO3/c1-20-10-13(21)11-9-14(22-2)18-17-16(11)12(20)6-8-19(17)7-4-3-5-15(19)23-18/h9,12,15H,3-8,10H2,1-2H3/t12?,15-,19+/m0/s1.